The summed E-state index contributed by atoms with van der Waals surface area (Å²) in [5.74, 6) is 0.850. The van der Waals surface area contributed by atoms with Crippen molar-refractivity contribution in [1.29, 1.82) is 0 Å². The summed E-state index contributed by atoms with van der Waals surface area (Å²) in [6.45, 7) is 2.63. The van der Waals surface area contributed by atoms with Gasteiger partial charge in [-0.05, 0) is 24.1 Å². The molecule has 2 unspecified atom stereocenters. The number of ether oxygens (including phenoxy) is 1. The average molecular weight is 251 g/mol. The molecule has 0 bridgehead atoms. The topological polar surface area (TPSA) is 55.5 Å². The van der Waals surface area contributed by atoms with E-state index in [-0.39, 0.29) is 12.0 Å². The second-order valence-electron chi connectivity index (χ2n) is 4.68. The Hall–Kier alpha value is -1.06. The maximum atomic E-state index is 10.2. The average Bonchev–Trinajstić information content (AvgIpc) is 2.41. The molecule has 0 spiro atoms. The highest BCUT2D eigenvalue weighted by atomic mass is 16.5. The highest BCUT2D eigenvalue weighted by Gasteiger charge is 2.19. The molecule has 0 aliphatic carbocycles. The summed E-state index contributed by atoms with van der Waals surface area (Å²) >= 11 is 0. The lowest BCUT2D eigenvalue weighted by Crippen LogP contribution is -2.25. The first-order valence-corrected chi connectivity index (χ1v) is 6.75. The molecule has 0 aliphatic heterocycles. The standard InChI is InChI=1S/C15H25NO2/c1-3-4-5-6-15(17)14(11-16)12-7-9-13(18-2)10-8-12/h7-10,14-15,17H,3-6,11,16H2,1-2H3. The molecule has 0 amide bonds. The van der Waals surface area contributed by atoms with E-state index in [2.05, 4.69) is 6.92 Å². The summed E-state index contributed by atoms with van der Waals surface area (Å²) < 4.78 is 5.13. The zero-order valence-electron chi connectivity index (χ0n) is 11.4. The second-order valence-corrected chi connectivity index (χ2v) is 4.68. The molecule has 0 heterocycles. The highest BCUT2D eigenvalue weighted by Crippen LogP contribution is 2.24. The molecule has 3 nitrogen and oxygen atoms in total. The van der Waals surface area contributed by atoms with E-state index in [1.165, 1.54) is 6.42 Å². The van der Waals surface area contributed by atoms with Crippen LogP contribution < -0.4 is 10.5 Å². The fourth-order valence-corrected chi connectivity index (χ4v) is 2.17. The van der Waals surface area contributed by atoms with E-state index in [0.29, 0.717) is 6.54 Å². The van der Waals surface area contributed by atoms with Crippen LogP contribution in [0.1, 0.15) is 44.1 Å². The molecule has 18 heavy (non-hydrogen) atoms. The van der Waals surface area contributed by atoms with Gasteiger partial charge >= 0.3 is 0 Å². The van der Waals surface area contributed by atoms with Crippen molar-refractivity contribution in [3.05, 3.63) is 29.8 Å². The molecular weight excluding hydrogens is 226 g/mol. The van der Waals surface area contributed by atoms with Gasteiger partial charge in [0.25, 0.3) is 0 Å². The molecule has 1 rings (SSSR count). The molecule has 0 aliphatic rings. The zero-order chi connectivity index (χ0) is 13.4. The van der Waals surface area contributed by atoms with Crippen molar-refractivity contribution in [2.45, 2.75) is 44.6 Å². The summed E-state index contributed by atoms with van der Waals surface area (Å²) in [5.41, 5.74) is 6.87. The first-order chi connectivity index (χ1) is 8.72. The normalized spacial score (nSPS) is 14.2. The minimum Gasteiger partial charge on any atom is -0.497 e. The fraction of sp³-hybridized carbons (Fsp3) is 0.600. The van der Waals surface area contributed by atoms with Crippen LogP contribution in [0.15, 0.2) is 24.3 Å². The van der Waals surface area contributed by atoms with Crippen LogP contribution in [0, 0.1) is 0 Å². The van der Waals surface area contributed by atoms with Crippen molar-refractivity contribution < 1.29 is 9.84 Å². The van der Waals surface area contributed by atoms with Gasteiger partial charge in [-0.3, -0.25) is 0 Å². The van der Waals surface area contributed by atoms with E-state index in [4.69, 9.17) is 10.5 Å². The van der Waals surface area contributed by atoms with Crippen molar-refractivity contribution >= 4 is 0 Å². The van der Waals surface area contributed by atoms with Crippen LogP contribution in [0.25, 0.3) is 0 Å². The van der Waals surface area contributed by atoms with E-state index >= 15 is 0 Å². The van der Waals surface area contributed by atoms with Crippen molar-refractivity contribution in [3.8, 4) is 5.75 Å². The predicted molar refractivity (Wildman–Crippen MR) is 74.9 cm³/mol. The lowest BCUT2D eigenvalue weighted by atomic mass is 9.90. The minimum absolute atomic E-state index is 0.0211. The van der Waals surface area contributed by atoms with Crippen molar-refractivity contribution in [2.75, 3.05) is 13.7 Å². The number of rotatable bonds is 8. The number of nitrogens with two attached hydrogens (primary N) is 1. The molecule has 1 aromatic carbocycles. The Bertz CT molecular complexity index is 324. The van der Waals surface area contributed by atoms with Crippen LogP contribution in [-0.4, -0.2) is 24.9 Å². The van der Waals surface area contributed by atoms with E-state index < -0.39 is 0 Å². The molecular formula is C15H25NO2. The molecule has 2 atom stereocenters. The largest absolute Gasteiger partial charge is 0.497 e. The number of aliphatic hydroxyl groups excluding tert-OH is 1. The first kappa shape index (κ1) is 15.0. The van der Waals surface area contributed by atoms with E-state index in [9.17, 15) is 5.11 Å². The number of hydrogen-bond acceptors (Lipinski definition) is 3. The molecule has 0 aromatic heterocycles. The van der Waals surface area contributed by atoms with Gasteiger partial charge in [0.15, 0.2) is 0 Å². The third kappa shape index (κ3) is 4.31. The molecule has 0 saturated heterocycles. The summed E-state index contributed by atoms with van der Waals surface area (Å²) in [6, 6.07) is 7.80. The third-order valence-corrected chi connectivity index (χ3v) is 3.37. The fourth-order valence-electron chi connectivity index (χ4n) is 2.17. The Morgan fingerprint density at radius 2 is 1.89 bits per heavy atom. The predicted octanol–water partition coefficient (Wildman–Crippen LogP) is 2.68. The van der Waals surface area contributed by atoms with Crippen LogP contribution in [0.3, 0.4) is 0 Å². The van der Waals surface area contributed by atoms with Gasteiger partial charge in [-0.1, -0.05) is 38.3 Å². The Kier molecular flexibility index (Phi) is 6.76. The monoisotopic (exact) mass is 251 g/mol. The Morgan fingerprint density at radius 3 is 2.39 bits per heavy atom. The molecule has 1 aromatic rings. The van der Waals surface area contributed by atoms with Gasteiger partial charge in [0.1, 0.15) is 5.75 Å². The number of benzene rings is 1. The van der Waals surface area contributed by atoms with Crippen LogP contribution in [-0.2, 0) is 0 Å². The van der Waals surface area contributed by atoms with Crippen LogP contribution in [0.5, 0.6) is 5.75 Å². The van der Waals surface area contributed by atoms with Gasteiger partial charge in [-0.2, -0.15) is 0 Å². The molecule has 102 valence electrons. The zero-order valence-corrected chi connectivity index (χ0v) is 11.4. The molecule has 3 N–H and O–H groups in total. The minimum atomic E-state index is -0.352. The van der Waals surface area contributed by atoms with Gasteiger partial charge in [0.2, 0.25) is 0 Å². The second kappa shape index (κ2) is 8.11. The molecule has 0 saturated carbocycles. The highest BCUT2D eigenvalue weighted by molar-refractivity contribution is 5.30. The summed E-state index contributed by atoms with van der Waals surface area (Å²) in [7, 11) is 1.65. The summed E-state index contributed by atoms with van der Waals surface area (Å²) in [4.78, 5) is 0. The molecule has 0 radical (unpaired) electrons. The Morgan fingerprint density at radius 1 is 1.22 bits per heavy atom. The van der Waals surface area contributed by atoms with Crippen LogP contribution >= 0.6 is 0 Å². The SMILES string of the molecule is CCCCCC(O)C(CN)c1ccc(OC)cc1. The van der Waals surface area contributed by atoms with Gasteiger partial charge in [0, 0.05) is 12.5 Å². The first-order valence-electron chi connectivity index (χ1n) is 6.75. The summed E-state index contributed by atoms with van der Waals surface area (Å²) in [6.07, 6.45) is 3.86. The lowest BCUT2D eigenvalue weighted by molar-refractivity contribution is 0.132. The number of unbranched alkanes of at least 4 members (excludes halogenated alkanes) is 2. The number of hydrogen-bond donors (Lipinski definition) is 2. The number of methoxy groups -OCH3 is 1. The molecule has 0 fully saturated rings. The van der Waals surface area contributed by atoms with E-state index in [0.717, 1.165) is 30.6 Å². The van der Waals surface area contributed by atoms with Gasteiger partial charge in [-0.15, -0.1) is 0 Å². The maximum absolute atomic E-state index is 10.2. The van der Waals surface area contributed by atoms with Crippen LogP contribution in [0.2, 0.25) is 0 Å². The van der Waals surface area contributed by atoms with Crippen molar-refractivity contribution in [1.82, 2.24) is 0 Å². The van der Waals surface area contributed by atoms with E-state index in [1.807, 2.05) is 24.3 Å². The molecule has 3 heteroatoms. The smallest absolute Gasteiger partial charge is 0.118 e. The van der Waals surface area contributed by atoms with Gasteiger partial charge in [-0.25, -0.2) is 0 Å². The lowest BCUT2D eigenvalue weighted by Gasteiger charge is -2.22. The Balaban J connectivity index is 2.62. The van der Waals surface area contributed by atoms with Gasteiger partial charge in [0.05, 0.1) is 13.2 Å². The summed E-state index contributed by atoms with van der Waals surface area (Å²) in [5, 5.41) is 10.2. The Labute approximate surface area is 110 Å². The number of aliphatic hydroxyl groups is 1. The quantitative estimate of drug-likeness (QED) is 0.698. The third-order valence-electron chi connectivity index (χ3n) is 3.37. The van der Waals surface area contributed by atoms with E-state index in [1.54, 1.807) is 7.11 Å². The van der Waals surface area contributed by atoms with Gasteiger partial charge < -0.3 is 15.6 Å². The maximum Gasteiger partial charge on any atom is 0.118 e. The van der Waals surface area contributed by atoms with Crippen LogP contribution in [0.4, 0.5) is 0 Å². The van der Waals surface area contributed by atoms with Crippen molar-refractivity contribution in [2.24, 2.45) is 5.73 Å². The van der Waals surface area contributed by atoms with Crippen molar-refractivity contribution in [3.63, 3.8) is 0 Å².